The highest BCUT2D eigenvalue weighted by atomic mass is 127. The monoisotopic (exact) mass is 572 g/mol. The maximum atomic E-state index is 13.2. The molecule has 170 valence electrons. The standard InChI is InChI=1S/C25H25IN4O2S/c1-17-4-3-5-19(10-17)15-29-18(2)11-20(12-24(29)31)23-16-30(33-26)25-22(23)13-21(14-27-25)28-6-8-32-9-7-28/h3-5,10-14,16H,6-9,15H2,1-2H3. The largest absolute Gasteiger partial charge is 0.378 e. The summed E-state index contributed by atoms with van der Waals surface area (Å²) in [6, 6.07) is 14.4. The maximum Gasteiger partial charge on any atom is 0.251 e. The molecule has 33 heavy (non-hydrogen) atoms. The Kier molecular flexibility index (Phi) is 6.49. The van der Waals surface area contributed by atoms with Crippen LogP contribution in [0.5, 0.6) is 0 Å². The lowest BCUT2D eigenvalue weighted by molar-refractivity contribution is 0.122. The molecule has 0 radical (unpaired) electrons. The second-order valence-electron chi connectivity index (χ2n) is 8.40. The molecule has 0 saturated carbocycles. The Morgan fingerprint density at radius 3 is 2.67 bits per heavy atom. The van der Waals surface area contributed by atoms with Gasteiger partial charge in [-0.2, -0.15) is 0 Å². The van der Waals surface area contributed by atoms with Crippen molar-refractivity contribution in [1.29, 1.82) is 0 Å². The Labute approximate surface area is 209 Å². The molecule has 0 atom stereocenters. The molecule has 0 amide bonds. The molecule has 6 nitrogen and oxygen atoms in total. The molecule has 4 aromatic rings. The molecular formula is C25H25IN4O2S. The van der Waals surface area contributed by atoms with E-state index in [9.17, 15) is 4.79 Å². The molecule has 4 heterocycles. The highest BCUT2D eigenvalue weighted by Gasteiger charge is 2.18. The summed E-state index contributed by atoms with van der Waals surface area (Å²) in [7, 11) is 1.58. The summed E-state index contributed by atoms with van der Waals surface area (Å²) >= 11 is 2.27. The van der Waals surface area contributed by atoms with Crippen LogP contribution in [0.3, 0.4) is 0 Å². The van der Waals surface area contributed by atoms with E-state index in [-0.39, 0.29) is 5.56 Å². The van der Waals surface area contributed by atoms with Gasteiger partial charge in [0.25, 0.3) is 5.56 Å². The van der Waals surface area contributed by atoms with Crippen molar-refractivity contribution in [3.8, 4) is 11.1 Å². The molecule has 8 heteroatoms. The van der Waals surface area contributed by atoms with Crippen LogP contribution < -0.4 is 10.5 Å². The van der Waals surface area contributed by atoms with E-state index in [2.05, 4.69) is 73.5 Å². The van der Waals surface area contributed by atoms with Gasteiger partial charge in [0.1, 0.15) is 0 Å². The maximum absolute atomic E-state index is 13.2. The number of morpholine rings is 1. The van der Waals surface area contributed by atoms with Gasteiger partial charge < -0.3 is 14.2 Å². The highest BCUT2D eigenvalue weighted by Crippen LogP contribution is 2.35. The van der Waals surface area contributed by atoms with Gasteiger partial charge in [-0.25, -0.2) is 4.98 Å². The van der Waals surface area contributed by atoms with E-state index in [0.29, 0.717) is 6.54 Å². The zero-order chi connectivity index (χ0) is 22.9. The lowest BCUT2D eigenvalue weighted by atomic mass is 10.1. The molecule has 1 saturated heterocycles. The number of aromatic nitrogens is 3. The van der Waals surface area contributed by atoms with Crippen molar-refractivity contribution in [2.45, 2.75) is 20.4 Å². The number of anilines is 1. The van der Waals surface area contributed by atoms with Gasteiger partial charge in [-0.3, -0.25) is 8.77 Å². The number of rotatable bonds is 5. The molecule has 3 aromatic heterocycles. The van der Waals surface area contributed by atoms with E-state index >= 15 is 0 Å². The molecule has 1 aliphatic rings. The van der Waals surface area contributed by atoms with Crippen LogP contribution in [0.25, 0.3) is 22.2 Å². The second kappa shape index (κ2) is 9.52. The minimum atomic E-state index is 0.00632. The molecular weight excluding hydrogens is 547 g/mol. The lowest BCUT2D eigenvalue weighted by Gasteiger charge is -2.28. The number of fused-ring (bicyclic) bond motifs is 1. The summed E-state index contributed by atoms with van der Waals surface area (Å²) in [6.07, 6.45) is 4.02. The van der Waals surface area contributed by atoms with Gasteiger partial charge in [0.05, 0.1) is 31.6 Å². The third kappa shape index (κ3) is 4.56. The number of pyridine rings is 2. The molecule has 1 aliphatic heterocycles. The molecule has 0 aliphatic carbocycles. The van der Waals surface area contributed by atoms with Crippen LogP contribution in [-0.4, -0.2) is 39.8 Å². The first-order valence-electron chi connectivity index (χ1n) is 10.9. The summed E-state index contributed by atoms with van der Waals surface area (Å²) in [4.78, 5) is 20.2. The van der Waals surface area contributed by atoms with Crippen LogP contribution in [-0.2, 0) is 11.3 Å². The fourth-order valence-electron chi connectivity index (χ4n) is 4.43. The Balaban J connectivity index is 1.57. The summed E-state index contributed by atoms with van der Waals surface area (Å²) in [5, 5.41) is 1.05. The molecule has 0 unspecified atom stereocenters. The lowest BCUT2D eigenvalue weighted by Crippen LogP contribution is -2.36. The zero-order valence-electron chi connectivity index (χ0n) is 18.6. The summed E-state index contributed by atoms with van der Waals surface area (Å²) in [5.74, 6) is 0. The van der Waals surface area contributed by atoms with Crippen LogP contribution >= 0.6 is 30.3 Å². The van der Waals surface area contributed by atoms with Gasteiger partial charge in [0.2, 0.25) is 0 Å². The van der Waals surface area contributed by atoms with Gasteiger partial charge in [-0.15, -0.1) is 0 Å². The average Bonchev–Trinajstić information content (AvgIpc) is 3.20. The normalized spacial score (nSPS) is 14.2. The minimum Gasteiger partial charge on any atom is -0.378 e. The first-order chi connectivity index (χ1) is 16.0. The van der Waals surface area contributed by atoms with E-state index in [1.807, 2.05) is 23.8 Å². The van der Waals surface area contributed by atoms with Gasteiger partial charge in [-0.05, 0) is 37.1 Å². The molecule has 0 bridgehead atoms. The quantitative estimate of drug-likeness (QED) is 0.308. The Morgan fingerprint density at radius 2 is 1.94 bits per heavy atom. The van der Waals surface area contributed by atoms with Crippen molar-refractivity contribution < 1.29 is 4.74 Å². The zero-order valence-corrected chi connectivity index (χ0v) is 21.6. The third-order valence-corrected chi connectivity index (χ3v) is 7.82. The molecule has 1 fully saturated rings. The Bertz CT molecular complexity index is 1370. The molecule has 5 rings (SSSR count). The van der Waals surface area contributed by atoms with Crippen LogP contribution in [0.1, 0.15) is 16.8 Å². The first-order valence-corrected chi connectivity index (χ1v) is 14.3. The number of halogens is 1. The van der Waals surface area contributed by atoms with Crippen molar-refractivity contribution in [1.82, 2.24) is 13.5 Å². The van der Waals surface area contributed by atoms with E-state index in [1.54, 1.807) is 15.2 Å². The minimum absolute atomic E-state index is 0.00632. The van der Waals surface area contributed by atoms with Gasteiger partial charge >= 0.3 is 0 Å². The number of nitrogens with zero attached hydrogens (tertiary/aromatic N) is 4. The number of hydrogen-bond acceptors (Lipinski definition) is 5. The number of aryl methyl sites for hydroxylation is 2. The fourth-order valence-corrected chi connectivity index (χ4v) is 5.68. The Morgan fingerprint density at radius 1 is 1.12 bits per heavy atom. The summed E-state index contributed by atoms with van der Waals surface area (Å²) in [6.45, 7) is 7.83. The number of ether oxygens (including phenoxy) is 1. The van der Waals surface area contributed by atoms with Crippen molar-refractivity contribution >= 4 is 47.0 Å². The van der Waals surface area contributed by atoms with Crippen molar-refractivity contribution in [2.75, 3.05) is 31.2 Å². The first kappa shape index (κ1) is 22.5. The number of benzene rings is 1. The molecule has 0 spiro atoms. The van der Waals surface area contributed by atoms with Crippen molar-refractivity contribution in [3.05, 3.63) is 82.0 Å². The molecule has 1 aromatic carbocycles. The van der Waals surface area contributed by atoms with Crippen molar-refractivity contribution in [3.63, 3.8) is 0 Å². The fraction of sp³-hybridized carbons (Fsp3) is 0.280. The summed E-state index contributed by atoms with van der Waals surface area (Å²) < 4.78 is 9.40. The van der Waals surface area contributed by atoms with Gasteiger partial charge in [0, 0.05) is 72.3 Å². The van der Waals surface area contributed by atoms with Crippen LogP contribution in [0.15, 0.2) is 59.7 Å². The van der Waals surface area contributed by atoms with Crippen molar-refractivity contribution in [2.24, 2.45) is 0 Å². The van der Waals surface area contributed by atoms with Crippen LogP contribution in [0, 0.1) is 13.8 Å². The highest BCUT2D eigenvalue weighted by molar-refractivity contribution is 14.2. The summed E-state index contributed by atoms with van der Waals surface area (Å²) in [5.41, 5.74) is 7.22. The van der Waals surface area contributed by atoms with Gasteiger partial charge in [0.15, 0.2) is 5.65 Å². The Hall–Kier alpha value is -2.30. The second-order valence-corrected chi connectivity index (χ2v) is 10.1. The van der Waals surface area contributed by atoms with E-state index in [1.165, 1.54) is 5.56 Å². The smallest absolute Gasteiger partial charge is 0.251 e. The van der Waals surface area contributed by atoms with Crippen LogP contribution in [0.4, 0.5) is 5.69 Å². The van der Waals surface area contributed by atoms with E-state index in [4.69, 9.17) is 9.72 Å². The average molecular weight is 572 g/mol. The van der Waals surface area contributed by atoms with Gasteiger partial charge in [-0.1, -0.05) is 29.8 Å². The third-order valence-electron chi connectivity index (χ3n) is 6.12. The molecule has 0 N–H and O–H groups in total. The van der Waals surface area contributed by atoms with Crippen LogP contribution in [0.2, 0.25) is 0 Å². The SMILES string of the molecule is Cc1cccc(Cn2c(C)cc(-c3cn(SI)c4ncc(N5CCOCC5)cc34)cc2=O)c1. The topological polar surface area (TPSA) is 52.3 Å². The predicted molar refractivity (Wildman–Crippen MR) is 144 cm³/mol. The van der Waals surface area contributed by atoms with E-state index in [0.717, 1.165) is 65.4 Å². The van der Waals surface area contributed by atoms with E-state index < -0.39 is 0 Å². The predicted octanol–water partition coefficient (Wildman–Crippen LogP) is 5.21. The number of hydrogen-bond donors (Lipinski definition) is 0.